The number of rotatable bonds is 3. The second-order valence-electron chi connectivity index (χ2n) is 6.97. The van der Waals surface area contributed by atoms with E-state index in [2.05, 4.69) is 34.0 Å². The zero-order valence-electron chi connectivity index (χ0n) is 16.2. The van der Waals surface area contributed by atoms with Crippen LogP contribution < -0.4 is 20.2 Å². The number of nitrogens with zero attached hydrogens (tertiary/aromatic N) is 1. The van der Waals surface area contributed by atoms with Crippen molar-refractivity contribution in [3.8, 4) is 11.5 Å². The largest absolute Gasteiger partial charge is 0.485 e. The van der Waals surface area contributed by atoms with Crippen molar-refractivity contribution < 1.29 is 14.3 Å². The van der Waals surface area contributed by atoms with Crippen molar-refractivity contribution >= 4 is 34.8 Å². The number of benzene rings is 3. The van der Waals surface area contributed by atoms with Gasteiger partial charge in [-0.1, -0.05) is 42.1 Å². The van der Waals surface area contributed by atoms with Crippen molar-refractivity contribution in [3.63, 3.8) is 0 Å². The van der Waals surface area contributed by atoms with Crippen LogP contribution in [-0.2, 0) is 4.79 Å². The minimum absolute atomic E-state index is 0.150. The highest BCUT2D eigenvalue weighted by atomic mass is 32.2. The lowest BCUT2D eigenvalue weighted by molar-refractivity contribution is -0.130. The summed E-state index contributed by atoms with van der Waals surface area (Å²) in [6.07, 6.45) is -0.741. The van der Waals surface area contributed by atoms with Crippen LogP contribution in [0.1, 0.15) is 12.5 Å². The van der Waals surface area contributed by atoms with Gasteiger partial charge in [0.15, 0.2) is 11.5 Å². The normalized spacial score (nSPS) is 16.7. The molecule has 0 aliphatic carbocycles. The Kier molecular flexibility index (Phi) is 4.80. The number of para-hydroxylation sites is 3. The third-order valence-corrected chi connectivity index (χ3v) is 6.06. The third-order valence-electron chi connectivity index (χ3n) is 4.91. The predicted molar refractivity (Wildman–Crippen MR) is 117 cm³/mol. The lowest BCUT2D eigenvalue weighted by atomic mass is 10.1. The fourth-order valence-electron chi connectivity index (χ4n) is 3.29. The molecule has 0 saturated heterocycles. The molecule has 2 aliphatic rings. The zero-order valence-corrected chi connectivity index (χ0v) is 17.0. The standard InChI is InChI=1S/C23H19N3O3S/c1-14(25-26-23(27)20-13-28-18-7-3-4-8-19(18)29-20)15-10-11-22-17(12-15)24-16-6-2-5-9-21(16)30-22/h2-12,20,24H,13H2,1H3,(H,26,27). The average Bonchev–Trinajstić information content (AvgIpc) is 2.80. The Morgan fingerprint density at radius 2 is 1.80 bits per heavy atom. The van der Waals surface area contributed by atoms with Crippen LogP contribution in [0, 0.1) is 0 Å². The summed E-state index contributed by atoms with van der Waals surface area (Å²) in [6, 6.07) is 21.6. The van der Waals surface area contributed by atoms with E-state index in [1.165, 1.54) is 4.90 Å². The summed E-state index contributed by atoms with van der Waals surface area (Å²) < 4.78 is 11.3. The Labute approximate surface area is 178 Å². The van der Waals surface area contributed by atoms with Gasteiger partial charge in [-0.2, -0.15) is 5.10 Å². The molecule has 0 radical (unpaired) electrons. The molecule has 0 bridgehead atoms. The Balaban J connectivity index is 1.28. The van der Waals surface area contributed by atoms with Gasteiger partial charge in [0.1, 0.15) is 6.61 Å². The van der Waals surface area contributed by atoms with E-state index in [-0.39, 0.29) is 12.5 Å². The quantitative estimate of drug-likeness (QED) is 0.377. The van der Waals surface area contributed by atoms with E-state index in [9.17, 15) is 4.79 Å². The van der Waals surface area contributed by atoms with Crippen LogP contribution in [0.25, 0.3) is 0 Å². The Morgan fingerprint density at radius 3 is 2.70 bits per heavy atom. The number of hydrogen-bond acceptors (Lipinski definition) is 6. The molecule has 150 valence electrons. The highest BCUT2D eigenvalue weighted by molar-refractivity contribution is 7.99. The van der Waals surface area contributed by atoms with Gasteiger partial charge >= 0.3 is 0 Å². The van der Waals surface area contributed by atoms with Gasteiger partial charge in [0.05, 0.1) is 17.1 Å². The predicted octanol–water partition coefficient (Wildman–Crippen LogP) is 4.58. The smallest absolute Gasteiger partial charge is 0.284 e. The Morgan fingerprint density at radius 1 is 1.03 bits per heavy atom. The molecule has 2 N–H and O–H groups in total. The molecule has 0 aromatic heterocycles. The van der Waals surface area contributed by atoms with Crippen LogP contribution in [0.2, 0.25) is 0 Å². The van der Waals surface area contributed by atoms with E-state index >= 15 is 0 Å². The molecule has 30 heavy (non-hydrogen) atoms. The minimum Gasteiger partial charge on any atom is -0.485 e. The van der Waals surface area contributed by atoms with Gasteiger partial charge in [0, 0.05) is 9.79 Å². The van der Waals surface area contributed by atoms with Crippen LogP contribution in [0.3, 0.4) is 0 Å². The summed E-state index contributed by atoms with van der Waals surface area (Å²) in [4.78, 5) is 14.8. The summed E-state index contributed by atoms with van der Waals surface area (Å²) in [6.45, 7) is 2.01. The zero-order chi connectivity index (χ0) is 20.5. The molecule has 7 heteroatoms. The number of carbonyl (C=O) groups is 1. The van der Waals surface area contributed by atoms with Gasteiger partial charge in [-0.15, -0.1) is 0 Å². The van der Waals surface area contributed by atoms with Crippen molar-refractivity contribution in [2.24, 2.45) is 5.10 Å². The average molecular weight is 417 g/mol. The molecule has 2 aliphatic heterocycles. The lowest BCUT2D eigenvalue weighted by Crippen LogP contribution is -2.42. The monoisotopic (exact) mass is 417 g/mol. The number of carbonyl (C=O) groups excluding carboxylic acids is 1. The highest BCUT2D eigenvalue weighted by Gasteiger charge is 2.27. The van der Waals surface area contributed by atoms with Gasteiger partial charge in [-0.05, 0) is 48.9 Å². The molecule has 3 aromatic carbocycles. The van der Waals surface area contributed by atoms with Gasteiger partial charge < -0.3 is 14.8 Å². The van der Waals surface area contributed by atoms with E-state index in [1.54, 1.807) is 17.8 Å². The number of hydrogen-bond donors (Lipinski definition) is 2. The summed E-state index contributed by atoms with van der Waals surface area (Å²) in [5, 5.41) is 7.73. The summed E-state index contributed by atoms with van der Waals surface area (Å²) in [5.74, 6) is 0.856. The summed E-state index contributed by atoms with van der Waals surface area (Å²) in [5.41, 5.74) is 6.34. The van der Waals surface area contributed by atoms with Crippen molar-refractivity contribution in [3.05, 3.63) is 72.3 Å². The van der Waals surface area contributed by atoms with Gasteiger partial charge in [0.2, 0.25) is 6.10 Å². The van der Waals surface area contributed by atoms with E-state index in [0.717, 1.165) is 21.8 Å². The van der Waals surface area contributed by atoms with Crippen molar-refractivity contribution in [2.45, 2.75) is 22.8 Å². The number of nitrogens with one attached hydrogen (secondary N) is 2. The van der Waals surface area contributed by atoms with Crippen molar-refractivity contribution in [2.75, 3.05) is 11.9 Å². The first-order chi connectivity index (χ1) is 14.7. The second kappa shape index (κ2) is 7.76. The SMILES string of the molecule is CC(=NNC(=O)C1COc2ccccc2O1)c1ccc2c(c1)Nc1ccccc1S2. The maximum absolute atomic E-state index is 12.5. The van der Waals surface area contributed by atoms with Gasteiger partial charge in [-0.3, -0.25) is 4.79 Å². The maximum atomic E-state index is 12.5. The van der Waals surface area contributed by atoms with Crippen LogP contribution in [0.4, 0.5) is 11.4 Å². The molecule has 0 spiro atoms. The Hall–Kier alpha value is -3.45. The number of hydrazone groups is 1. The van der Waals surface area contributed by atoms with Crippen LogP contribution >= 0.6 is 11.8 Å². The fraction of sp³-hybridized carbons (Fsp3) is 0.130. The molecule has 0 saturated carbocycles. The molecule has 1 unspecified atom stereocenters. The molecular weight excluding hydrogens is 398 g/mol. The second-order valence-corrected chi connectivity index (χ2v) is 8.06. The highest BCUT2D eigenvalue weighted by Crippen LogP contribution is 2.44. The van der Waals surface area contributed by atoms with Crippen LogP contribution in [-0.4, -0.2) is 24.3 Å². The van der Waals surface area contributed by atoms with E-state index in [4.69, 9.17) is 9.47 Å². The van der Waals surface area contributed by atoms with E-state index in [0.29, 0.717) is 17.2 Å². The Bertz CT molecular complexity index is 1160. The van der Waals surface area contributed by atoms with Crippen molar-refractivity contribution in [1.82, 2.24) is 5.43 Å². The summed E-state index contributed by atoms with van der Waals surface area (Å²) in [7, 11) is 0. The number of amides is 1. The molecule has 3 aromatic rings. The number of fused-ring (bicyclic) bond motifs is 3. The third kappa shape index (κ3) is 3.59. The van der Waals surface area contributed by atoms with E-state index in [1.807, 2.05) is 49.4 Å². The van der Waals surface area contributed by atoms with Gasteiger partial charge in [0.25, 0.3) is 5.91 Å². The maximum Gasteiger partial charge on any atom is 0.284 e. The first-order valence-electron chi connectivity index (χ1n) is 9.58. The number of anilines is 2. The van der Waals surface area contributed by atoms with Gasteiger partial charge in [-0.25, -0.2) is 5.43 Å². The lowest BCUT2D eigenvalue weighted by Gasteiger charge is -2.24. The van der Waals surface area contributed by atoms with Crippen LogP contribution in [0.5, 0.6) is 11.5 Å². The molecule has 6 nitrogen and oxygen atoms in total. The fourth-order valence-corrected chi connectivity index (χ4v) is 4.26. The van der Waals surface area contributed by atoms with Crippen molar-refractivity contribution in [1.29, 1.82) is 0 Å². The molecular formula is C23H19N3O3S. The first-order valence-corrected chi connectivity index (χ1v) is 10.4. The minimum atomic E-state index is -0.741. The first kappa shape index (κ1) is 18.6. The topological polar surface area (TPSA) is 72.0 Å². The van der Waals surface area contributed by atoms with Crippen LogP contribution in [0.15, 0.2) is 81.6 Å². The molecule has 0 fully saturated rings. The molecule has 1 atom stereocenters. The van der Waals surface area contributed by atoms with E-state index < -0.39 is 6.10 Å². The summed E-state index contributed by atoms with van der Waals surface area (Å²) >= 11 is 1.73. The molecule has 5 rings (SSSR count). The molecule has 2 heterocycles. The number of ether oxygens (including phenoxy) is 2. The molecule has 1 amide bonds.